The molecule has 0 atom stereocenters. The van der Waals surface area contributed by atoms with Gasteiger partial charge in [0.15, 0.2) is 0 Å². The van der Waals surface area contributed by atoms with E-state index in [2.05, 4.69) is 71.5 Å². The highest BCUT2D eigenvalue weighted by molar-refractivity contribution is 5.47. The highest BCUT2D eigenvalue weighted by Gasteiger charge is 2.11. The molecule has 2 saturated heterocycles. The quantitative estimate of drug-likeness (QED) is 0.539. The fourth-order valence-electron chi connectivity index (χ4n) is 4.23. The highest BCUT2D eigenvalue weighted by atomic mass is 15.1. The van der Waals surface area contributed by atoms with Gasteiger partial charge < -0.3 is 9.80 Å². The maximum absolute atomic E-state index is 3.76. The average Bonchev–Trinajstić information content (AvgIpc) is 3.52. The summed E-state index contributed by atoms with van der Waals surface area (Å²) in [6.45, 7) is 15.1. The lowest BCUT2D eigenvalue weighted by Gasteiger charge is -2.14. The van der Waals surface area contributed by atoms with Crippen LogP contribution in [0.5, 0.6) is 0 Å². The lowest BCUT2D eigenvalue weighted by molar-refractivity contribution is 0.343. The van der Waals surface area contributed by atoms with Gasteiger partial charge in [0.1, 0.15) is 0 Å². The van der Waals surface area contributed by atoms with Gasteiger partial charge in [0, 0.05) is 13.1 Å². The van der Waals surface area contributed by atoms with Crippen LogP contribution in [0.15, 0.2) is 61.7 Å². The third-order valence-electron chi connectivity index (χ3n) is 6.26. The lowest BCUT2D eigenvalue weighted by Crippen LogP contribution is -2.21. The van der Waals surface area contributed by atoms with Gasteiger partial charge >= 0.3 is 0 Å². The third-order valence-corrected chi connectivity index (χ3v) is 6.26. The summed E-state index contributed by atoms with van der Waals surface area (Å²) in [7, 11) is 0. The number of likely N-dealkylation sites (tertiary alicyclic amines) is 2. The second-order valence-electron chi connectivity index (χ2n) is 8.49. The van der Waals surface area contributed by atoms with Gasteiger partial charge in [0.2, 0.25) is 0 Å². The number of hydrogen-bond donors (Lipinski definition) is 0. The zero-order valence-corrected chi connectivity index (χ0v) is 18.6. The van der Waals surface area contributed by atoms with Gasteiger partial charge in [-0.2, -0.15) is 0 Å². The Bertz CT molecular complexity index is 681. The van der Waals surface area contributed by atoms with E-state index in [1.807, 2.05) is 12.2 Å². The molecule has 0 aliphatic carbocycles. The van der Waals surface area contributed by atoms with Crippen molar-refractivity contribution in [1.29, 1.82) is 0 Å². The first kappa shape index (κ1) is 22.5. The normalized spacial score (nSPS) is 16.8. The molecule has 160 valence electrons. The number of benzene rings is 2. The summed E-state index contributed by atoms with van der Waals surface area (Å²) in [5.41, 5.74) is 5.29. The molecule has 4 rings (SSSR count). The SMILES string of the molecule is C=Cc1ccc(CCN2CCCC2)cc1.C=Cc1ccc(CCN2CCCC2)cc1. The summed E-state index contributed by atoms with van der Waals surface area (Å²) in [4.78, 5) is 5.11. The van der Waals surface area contributed by atoms with Crippen LogP contribution in [0.25, 0.3) is 12.2 Å². The van der Waals surface area contributed by atoms with Crippen molar-refractivity contribution in [2.45, 2.75) is 38.5 Å². The van der Waals surface area contributed by atoms with Crippen molar-refractivity contribution in [2.75, 3.05) is 39.3 Å². The van der Waals surface area contributed by atoms with Crippen molar-refractivity contribution in [3.05, 3.63) is 83.9 Å². The Morgan fingerprint density at radius 1 is 0.567 bits per heavy atom. The highest BCUT2D eigenvalue weighted by Crippen LogP contribution is 2.12. The Balaban J connectivity index is 0.000000171. The van der Waals surface area contributed by atoms with E-state index in [1.54, 1.807) is 0 Å². The first-order valence-corrected chi connectivity index (χ1v) is 11.6. The fourth-order valence-corrected chi connectivity index (χ4v) is 4.23. The summed E-state index contributed by atoms with van der Waals surface area (Å²) in [6, 6.07) is 17.4. The van der Waals surface area contributed by atoms with Crippen LogP contribution in [-0.4, -0.2) is 49.1 Å². The average molecular weight is 403 g/mol. The van der Waals surface area contributed by atoms with E-state index >= 15 is 0 Å². The molecule has 2 aromatic rings. The number of nitrogens with zero attached hydrogens (tertiary/aromatic N) is 2. The second-order valence-corrected chi connectivity index (χ2v) is 8.49. The van der Waals surface area contributed by atoms with Crippen LogP contribution in [0, 0.1) is 0 Å². The molecule has 0 amide bonds. The summed E-state index contributed by atoms with van der Waals surface area (Å²) < 4.78 is 0. The van der Waals surface area contributed by atoms with Crippen LogP contribution in [0.1, 0.15) is 47.9 Å². The zero-order valence-electron chi connectivity index (χ0n) is 18.6. The molecule has 0 saturated carbocycles. The molecule has 2 heteroatoms. The molecule has 2 nitrogen and oxygen atoms in total. The molecule has 0 bridgehead atoms. The van der Waals surface area contributed by atoms with Crippen LogP contribution in [-0.2, 0) is 12.8 Å². The monoisotopic (exact) mass is 402 g/mol. The summed E-state index contributed by atoms with van der Waals surface area (Å²) in [5.74, 6) is 0. The van der Waals surface area contributed by atoms with Crippen molar-refractivity contribution < 1.29 is 0 Å². The van der Waals surface area contributed by atoms with E-state index in [1.165, 1.54) is 100 Å². The van der Waals surface area contributed by atoms with Crippen molar-refractivity contribution in [3.63, 3.8) is 0 Å². The van der Waals surface area contributed by atoms with E-state index in [0.717, 1.165) is 0 Å². The molecule has 2 aliphatic heterocycles. The maximum Gasteiger partial charge on any atom is 0.00218 e. The molecular weight excluding hydrogens is 364 g/mol. The minimum Gasteiger partial charge on any atom is -0.303 e. The van der Waals surface area contributed by atoms with Crippen LogP contribution in [0.2, 0.25) is 0 Å². The molecule has 2 aromatic carbocycles. The van der Waals surface area contributed by atoms with Crippen LogP contribution in [0.3, 0.4) is 0 Å². The Kier molecular flexibility index (Phi) is 9.40. The standard InChI is InChI=1S/2C14H19N/c2*1-2-13-5-7-14(8-6-13)9-12-15-10-3-4-11-15/h2*2,5-8H,1,3-4,9-12H2. The Morgan fingerprint density at radius 2 is 0.900 bits per heavy atom. The van der Waals surface area contributed by atoms with Crippen LogP contribution >= 0.6 is 0 Å². The Hall–Kier alpha value is -2.16. The predicted molar refractivity (Wildman–Crippen MR) is 132 cm³/mol. The van der Waals surface area contributed by atoms with E-state index in [4.69, 9.17) is 0 Å². The fraction of sp³-hybridized carbons (Fsp3) is 0.429. The molecule has 0 N–H and O–H groups in total. The minimum absolute atomic E-state index is 1.18. The van der Waals surface area contributed by atoms with Crippen molar-refractivity contribution in [1.82, 2.24) is 9.80 Å². The number of hydrogen-bond acceptors (Lipinski definition) is 2. The van der Waals surface area contributed by atoms with Crippen LogP contribution in [0.4, 0.5) is 0 Å². The van der Waals surface area contributed by atoms with Gasteiger partial charge in [0.25, 0.3) is 0 Å². The third kappa shape index (κ3) is 7.59. The maximum atomic E-state index is 3.76. The van der Waals surface area contributed by atoms with E-state index < -0.39 is 0 Å². The summed E-state index contributed by atoms with van der Waals surface area (Å²) in [6.07, 6.45) is 11.7. The molecule has 0 unspecified atom stereocenters. The zero-order chi connectivity index (χ0) is 21.0. The topological polar surface area (TPSA) is 6.48 Å². The molecule has 2 fully saturated rings. The molecule has 2 aliphatic rings. The molecule has 0 aromatic heterocycles. The minimum atomic E-state index is 1.18. The molecule has 2 heterocycles. The molecule has 30 heavy (non-hydrogen) atoms. The predicted octanol–water partition coefficient (Wildman–Crippen LogP) is 5.94. The Morgan fingerprint density at radius 3 is 1.20 bits per heavy atom. The van der Waals surface area contributed by atoms with Gasteiger partial charge in [0.05, 0.1) is 0 Å². The van der Waals surface area contributed by atoms with Gasteiger partial charge in [-0.25, -0.2) is 0 Å². The summed E-state index contributed by atoms with van der Waals surface area (Å²) >= 11 is 0. The molecule has 0 radical (unpaired) electrons. The van der Waals surface area contributed by atoms with Gasteiger partial charge in [-0.3, -0.25) is 0 Å². The number of rotatable bonds is 8. The van der Waals surface area contributed by atoms with Gasteiger partial charge in [-0.1, -0.05) is 73.8 Å². The molecule has 0 spiro atoms. The van der Waals surface area contributed by atoms with E-state index in [-0.39, 0.29) is 0 Å². The Labute approximate surface area is 183 Å². The van der Waals surface area contributed by atoms with Crippen molar-refractivity contribution >= 4 is 12.2 Å². The van der Waals surface area contributed by atoms with E-state index in [0.29, 0.717) is 0 Å². The van der Waals surface area contributed by atoms with Gasteiger partial charge in [-0.15, -0.1) is 0 Å². The smallest absolute Gasteiger partial charge is 0.00218 e. The first-order valence-electron chi connectivity index (χ1n) is 11.6. The van der Waals surface area contributed by atoms with Crippen LogP contribution < -0.4 is 0 Å². The molecular formula is C28H38N2. The summed E-state index contributed by atoms with van der Waals surface area (Å²) in [5, 5.41) is 0. The van der Waals surface area contributed by atoms with E-state index in [9.17, 15) is 0 Å². The largest absolute Gasteiger partial charge is 0.303 e. The van der Waals surface area contributed by atoms with Crippen molar-refractivity contribution in [2.24, 2.45) is 0 Å². The lowest BCUT2D eigenvalue weighted by atomic mass is 10.1. The second kappa shape index (κ2) is 12.5. The first-order chi connectivity index (χ1) is 14.8. The van der Waals surface area contributed by atoms with Gasteiger partial charge in [-0.05, 0) is 87.0 Å². The van der Waals surface area contributed by atoms with Crippen molar-refractivity contribution in [3.8, 4) is 0 Å².